The maximum absolute atomic E-state index is 4.82. The normalized spacial score (nSPS) is 11.0. The summed E-state index contributed by atoms with van der Waals surface area (Å²) in [5.74, 6) is 0.942. The van der Waals surface area contributed by atoms with Crippen LogP contribution in [0.15, 0.2) is 58.0 Å². The van der Waals surface area contributed by atoms with Crippen LogP contribution in [0.1, 0.15) is 16.7 Å². The summed E-state index contributed by atoms with van der Waals surface area (Å²) in [6, 6.07) is 17.0. The first kappa shape index (κ1) is 14.6. The Morgan fingerprint density at radius 3 is 2.52 bits per heavy atom. The van der Waals surface area contributed by atoms with Gasteiger partial charge in [0.2, 0.25) is 0 Å². The van der Waals surface area contributed by atoms with Gasteiger partial charge in [-0.3, -0.25) is 0 Å². The molecule has 0 aliphatic rings. The summed E-state index contributed by atoms with van der Waals surface area (Å²) in [7, 11) is 0. The number of aromatic nitrogens is 1. The first-order valence-electron chi connectivity index (χ1n) is 6.88. The molecule has 0 spiro atoms. The van der Waals surface area contributed by atoms with Crippen LogP contribution < -0.4 is 0 Å². The molecule has 0 aliphatic carbocycles. The van der Waals surface area contributed by atoms with Crippen LogP contribution in [0.5, 0.6) is 0 Å². The van der Waals surface area contributed by atoms with Gasteiger partial charge in [0, 0.05) is 15.6 Å². The number of thioether (sulfide) groups is 1. The highest BCUT2D eigenvalue weighted by molar-refractivity contribution is 9.10. The van der Waals surface area contributed by atoms with Crippen LogP contribution in [0.3, 0.4) is 0 Å². The van der Waals surface area contributed by atoms with Crippen molar-refractivity contribution >= 4 is 38.6 Å². The van der Waals surface area contributed by atoms with Gasteiger partial charge in [-0.15, -0.1) is 11.8 Å². The van der Waals surface area contributed by atoms with Crippen LogP contribution in [0, 0.1) is 13.8 Å². The molecule has 0 aliphatic heterocycles. The van der Waals surface area contributed by atoms with Crippen LogP contribution >= 0.6 is 27.7 Å². The number of halogens is 1. The molecule has 0 fully saturated rings. The third-order valence-electron chi connectivity index (χ3n) is 3.52. The molecule has 0 N–H and O–H groups in total. The zero-order chi connectivity index (χ0) is 14.8. The van der Waals surface area contributed by atoms with Gasteiger partial charge in [-0.2, -0.15) is 0 Å². The number of aryl methyl sites for hydroxylation is 2. The highest BCUT2D eigenvalue weighted by Crippen LogP contribution is 2.27. The molecular weight excluding hydrogens is 342 g/mol. The van der Waals surface area contributed by atoms with E-state index in [2.05, 4.69) is 78.3 Å². The number of para-hydroxylation sites is 1. The molecule has 106 valence electrons. The van der Waals surface area contributed by atoms with Crippen molar-refractivity contribution < 1.29 is 0 Å². The second kappa shape index (κ2) is 6.20. The lowest BCUT2D eigenvalue weighted by molar-refractivity contribution is 1.15. The second-order valence-electron chi connectivity index (χ2n) is 5.16. The number of benzene rings is 2. The minimum atomic E-state index is 0.942. The van der Waals surface area contributed by atoms with Gasteiger partial charge < -0.3 is 0 Å². The molecule has 21 heavy (non-hydrogen) atoms. The minimum absolute atomic E-state index is 0.942. The Labute approximate surface area is 137 Å². The largest absolute Gasteiger partial charge is 0.241 e. The molecule has 2 aromatic carbocycles. The number of rotatable bonds is 3. The third-order valence-corrected chi connectivity index (χ3v) is 5.04. The van der Waals surface area contributed by atoms with Crippen molar-refractivity contribution in [3.8, 4) is 0 Å². The molecule has 3 aromatic rings. The van der Waals surface area contributed by atoms with Gasteiger partial charge in [-0.05, 0) is 48.7 Å². The highest BCUT2D eigenvalue weighted by Gasteiger charge is 2.05. The highest BCUT2D eigenvalue weighted by atomic mass is 79.9. The van der Waals surface area contributed by atoms with Crippen molar-refractivity contribution in [2.75, 3.05) is 0 Å². The summed E-state index contributed by atoms with van der Waals surface area (Å²) in [5, 5.41) is 2.35. The third kappa shape index (κ3) is 3.30. The van der Waals surface area contributed by atoms with Gasteiger partial charge >= 0.3 is 0 Å². The Balaban J connectivity index is 1.87. The molecule has 0 atom stereocenters. The van der Waals surface area contributed by atoms with Gasteiger partial charge in [-0.1, -0.05) is 46.3 Å². The Morgan fingerprint density at radius 1 is 1.00 bits per heavy atom. The zero-order valence-corrected chi connectivity index (χ0v) is 14.5. The van der Waals surface area contributed by atoms with Crippen molar-refractivity contribution in [2.24, 2.45) is 0 Å². The molecule has 0 amide bonds. The first-order valence-corrected chi connectivity index (χ1v) is 8.65. The van der Waals surface area contributed by atoms with Crippen molar-refractivity contribution in [3.63, 3.8) is 0 Å². The van der Waals surface area contributed by atoms with E-state index in [1.807, 2.05) is 0 Å². The summed E-state index contributed by atoms with van der Waals surface area (Å²) >= 11 is 5.26. The van der Waals surface area contributed by atoms with Gasteiger partial charge in [0.05, 0.1) is 10.5 Å². The van der Waals surface area contributed by atoms with Gasteiger partial charge in [0.1, 0.15) is 0 Å². The lowest BCUT2D eigenvalue weighted by Crippen LogP contribution is -1.90. The fourth-order valence-corrected chi connectivity index (χ4v) is 3.53. The van der Waals surface area contributed by atoms with Crippen LogP contribution in [0.4, 0.5) is 0 Å². The second-order valence-corrected chi connectivity index (χ2v) is 7.07. The van der Waals surface area contributed by atoms with E-state index in [4.69, 9.17) is 4.98 Å². The van der Waals surface area contributed by atoms with Crippen molar-refractivity contribution in [2.45, 2.75) is 24.6 Å². The smallest absolute Gasteiger partial charge is 0.0973 e. The SMILES string of the molecule is Cc1cc(SCc2ccc(Br)cc2)nc2c(C)cccc12. The Kier molecular flexibility index (Phi) is 4.32. The fourth-order valence-electron chi connectivity index (χ4n) is 2.34. The molecule has 3 heteroatoms. The Hall–Kier alpha value is -1.32. The van der Waals surface area contributed by atoms with E-state index in [1.54, 1.807) is 11.8 Å². The lowest BCUT2D eigenvalue weighted by Gasteiger charge is -2.08. The Bertz CT molecular complexity index is 781. The van der Waals surface area contributed by atoms with Gasteiger partial charge in [-0.25, -0.2) is 4.98 Å². The number of fused-ring (bicyclic) bond motifs is 1. The Morgan fingerprint density at radius 2 is 1.76 bits per heavy atom. The van der Waals surface area contributed by atoms with Crippen LogP contribution in [0.25, 0.3) is 10.9 Å². The summed E-state index contributed by atoms with van der Waals surface area (Å²) in [6.07, 6.45) is 0. The van der Waals surface area contributed by atoms with E-state index in [0.717, 1.165) is 20.8 Å². The zero-order valence-electron chi connectivity index (χ0n) is 12.1. The molecule has 0 bridgehead atoms. The van der Waals surface area contributed by atoms with Crippen LogP contribution in [-0.2, 0) is 5.75 Å². The van der Waals surface area contributed by atoms with E-state index < -0.39 is 0 Å². The maximum Gasteiger partial charge on any atom is 0.0973 e. The van der Waals surface area contributed by atoms with E-state index in [-0.39, 0.29) is 0 Å². The standard InChI is InChI=1S/C18H16BrNS/c1-12-4-3-5-16-13(2)10-17(20-18(12)16)21-11-14-6-8-15(19)9-7-14/h3-10H,11H2,1-2H3. The number of pyridine rings is 1. The van der Waals surface area contributed by atoms with Gasteiger partial charge in [0.15, 0.2) is 0 Å². The predicted molar refractivity (Wildman–Crippen MR) is 94.9 cm³/mol. The molecule has 3 rings (SSSR count). The van der Waals surface area contributed by atoms with E-state index in [0.29, 0.717) is 0 Å². The van der Waals surface area contributed by atoms with Crippen molar-refractivity contribution in [3.05, 3.63) is 69.7 Å². The van der Waals surface area contributed by atoms with Crippen LogP contribution in [0.2, 0.25) is 0 Å². The summed E-state index contributed by atoms with van der Waals surface area (Å²) < 4.78 is 1.12. The lowest BCUT2D eigenvalue weighted by atomic mass is 10.1. The van der Waals surface area contributed by atoms with E-state index >= 15 is 0 Å². The van der Waals surface area contributed by atoms with Gasteiger partial charge in [0.25, 0.3) is 0 Å². The number of nitrogens with zero attached hydrogens (tertiary/aromatic N) is 1. The molecule has 1 nitrogen and oxygen atoms in total. The quantitative estimate of drug-likeness (QED) is 0.540. The summed E-state index contributed by atoms with van der Waals surface area (Å²) in [5.41, 5.74) is 4.96. The molecule has 1 aromatic heterocycles. The molecule has 0 saturated heterocycles. The molecule has 0 unspecified atom stereocenters. The molecule has 1 heterocycles. The van der Waals surface area contributed by atoms with E-state index in [9.17, 15) is 0 Å². The first-order chi connectivity index (χ1) is 10.1. The molecule has 0 radical (unpaired) electrons. The topological polar surface area (TPSA) is 12.9 Å². The summed E-state index contributed by atoms with van der Waals surface area (Å²) in [6.45, 7) is 4.28. The maximum atomic E-state index is 4.82. The average molecular weight is 358 g/mol. The van der Waals surface area contributed by atoms with Crippen molar-refractivity contribution in [1.82, 2.24) is 4.98 Å². The fraction of sp³-hybridized carbons (Fsp3) is 0.167. The summed E-state index contributed by atoms with van der Waals surface area (Å²) in [4.78, 5) is 4.82. The number of hydrogen-bond donors (Lipinski definition) is 0. The van der Waals surface area contributed by atoms with Crippen molar-refractivity contribution in [1.29, 1.82) is 0 Å². The average Bonchev–Trinajstić information content (AvgIpc) is 2.48. The molecular formula is C18H16BrNS. The monoisotopic (exact) mass is 357 g/mol. The minimum Gasteiger partial charge on any atom is -0.241 e. The number of hydrogen-bond acceptors (Lipinski definition) is 2. The van der Waals surface area contributed by atoms with Crippen LogP contribution in [-0.4, -0.2) is 4.98 Å². The van der Waals surface area contributed by atoms with E-state index in [1.165, 1.54) is 22.1 Å². The molecule has 0 saturated carbocycles. The predicted octanol–water partition coefficient (Wildman–Crippen LogP) is 5.91.